The summed E-state index contributed by atoms with van der Waals surface area (Å²) in [6.45, 7) is 12.3. The van der Waals surface area contributed by atoms with E-state index in [4.69, 9.17) is 0 Å². The molecule has 0 spiro atoms. The number of benzene rings is 2. The van der Waals surface area contributed by atoms with Crippen LogP contribution in [0.4, 0.5) is 0 Å². The minimum absolute atomic E-state index is 0.0591. The summed E-state index contributed by atoms with van der Waals surface area (Å²) in [7, 11) is -3.35. The third kappa shape index (κ3) is 8.44. The van der Waals surface area contributed by atoms with Crippen molar-refractivity contribution in [2.24, 2.45) is 0 Å². The molecule has 0 unspecified atom stereocenters. The summed E-state index contributed by atoms with van der Waals surface area (Å²) >= 11 is 0. The van der Waals surface area contributed by atoms with Gasteiger partial charge in [0.05, 0.1) is 5.75 Å². The molecule has 0 aliphatic carbocycles. The average Bonchev–Trinajstić information content (AvgIpc) is 2.70. The maximum Gasteiger partial charge on any atom is 0.251 e. The second-order valence-electron chi connectivity index (χ2n) is 8.38. The normalized spacial score (nSPS) is 12.0. The molecule has 0 aliphatic rings. The maximum atomic E-state index is 12.5. The van der Waals surface area contributed by atoms with Gasteiger partial charge in [0.2, 0.25) is 10.0 Å². The molecule has 0 heterocycles. The fourth-order valence-corrected chi connectivity index (χ4v) is 4.75. The molecular formula is C24H35N3O3S. The Balaban J connectivity index is 1.89. The molecule has 0 aliphatic heterocycles. The molecule has 2 aromatic rings. The molecule has 0 fully saturated rings. The van der Waals surface area contributed by atoms with Gasteiger partial charge in [-0.05, 0) is 63.1 Å². The van der Waals surface area contributed by atoms with Crippen LogP contribution in [0.5, 0.6) is 0 Å². The monoisotopic (exact) mass is 445 g/mol. The van der Waals surface area contributed by atoms with Crippen LogP contribution in [-0.2, 0) is 28.9 Å². The van der Waals surface area contributed by atoms with Crippen LogP contribution in [0.25, 0.3) is 0 Å². The van der Waals surface area contributed by atoms with Gasteiger partial charge < -0.3 is 5.32 Å². The summed E-state index contributed by atoms with van der Waals surface area (Å²) in [5, 5.41) is 2.92. The van der Waals surface area contributed by atoms with E-state index in [1.165, 1.54) is 5.56 Å². The zero-order valence-corrected chi connectivity index (χ0v) is 20.0. The van der Waals surface area contributed by atoms with Crippen molar-refractivity contribution < 1.29 is 13.2 Å². The van der Waals surface area contributed by atoms with Gasteiger partial charge in [0.15, 0.2) is 0 Å². The summed E-state index contributed by atoms with van der Waals surface area (Å²) < 4.78 is 26.6. The van der Waals surface area contributed by atoms with Gasteiger partial charge in [-0.2, -0.15) is 0 Å². The first-order valence-electron chi connectivity index (χ1n) is 10.8. The Labute approximate surface area is 187 Å². The van der Waals surface area contributed by atoms with Gasteiger partial charge in [-0.1, -0.05) is 43.3 Å². The number of sulfonamides is 1. The van der Waals surface area contributed by atoms with Crippen LogP contribution in [0.1, 0.15) is 61.7 Å². The van der Waals surface area contributed by atoms with Gasteiger partial charge in [-0.15, -0.1) is 0 Å². The Morgan fingerprint density at radius 1 is 0.903 bits per heavy atom. The number of amides is 1. The number of carbonyl (C=O) groups is 1. The first-order chi connectivity index (χ1) is 14.6. The third-order valence-corrected chi connectivity index (χ3v) is 6.53. The molecule has 7 heteroatoms. The molecule has 0 saturated carbocycles. The Bertz CT molecular complexity index is 937. The summed E-state index contributed by atoms with van der Waals surface area (Å²) in [5.74, 6) is -0.188. The van der Waals surface area contributed by atoms with E-state index in [9.17, 15) is 13.2 Å². The topological polar surface area (TPSA) is 78.5 Å². The summed E-state index contributed by atoms with van der Waals surface area (Å²) in [6, 6.07) is 15.3. The van der Waals surface area contributed by atoms with Gasteiger partial charge in [-0.25, -0.2) is 13.1 Å². The van der Waals surface area contributed by atoms with Crippen molar-refractivity contribution in [1.29, 1.82) is 0 Å². The number of nitrogens with one attached hydrogen (secondary N) is 2. The molecule has 6 nitrogen and oxygen atoms in total. The lowest BCUT2D eigenvalue weighted by molar-refractivity contribution is 0.0951. The van der Waals surface area contributed by atoms with Crippen molar-refractivity contribution in [1.82, 2.24) is 14.9 Å². The number of hydrogen-bond donors (Lipinski definition) is 2. The smallest absolute Gasteiger partial charge is 0.251 e. The quantitative estimate of drug-likeness (QED) is 0.553. The van der Waals surface area contributed by atoms with Crippen molar-refractivity contribution in [2.75, 3.05) is 6.54 Å². The van der Waals surface area contributed by atoms with Crippen LogP contribution in [0.2, 0.25) is 0 Å². The fraction of sp³-hybridized carbons (Fsp3) is 0.458. The molecular weight excluding hydrogens is 410 g/mol. The Kier molecular flexibility index (Phi) is 9.22. The minimum Gasteiger partial charge on any atom is -0.348 e. The van der Waals surface area contributed by atoms with Gasteiger partial charge in [-0.3, -0.25) is 9.69 Å². The van der Waals surface area contributed by atoms with Gasteiger partial charge in [0, 0.05) is 30.7 Å². The van der Waals surface area contributed by atoms with E-state index in [1.54, 1.807) is 26.0 Å². The zero-order valence-electron chi connectivity index (χ0n) is 19.2. The SMILES string of the molecule is CCN(Cc1ccc(C(=O)NCc2ccc(CS(=O)(=O)NC(C)C)cc2)cc1)C(C)C. The molecule has 31 heavy (non-hydrogen) atoms. The Morgan fingerprint density at radius 3 is 1.97 bits per heavy atom. The van der Waals surface area contributed by atoms with Crippen LogP contribution < -0.4 is 10.0 Å². The number of hydrogen-bond acceptors (Lipinski definition) is 4. The highest BCUT2D eigenvalue weighted by molar-refractivity contribution is 7.88. The molecule has 0 radical (unpaired) electrons. The largest absolute Gasteiger partial charge is 0.348 e. The van der Waals surface area contributed by atoms with Crippen molar-refractivity contribution in [3.8, 4) is 0 Å². The summed E-state index contributed by atoms with van der Waals surface area (Å²) in [4.78, 5) is 14.8. The molecule has 2 N–H and O–H groups in total. The first-order valence-corrected chi connectivity index (χ1v) is 12.4. The average molecular weight is 446 g/mol. The van der Waals surface area contributed by atoms with Crippen LogP contribution >= 0.6 is 0 Å². The lowest BCUT2D eigenvalue weighted by Gasteiger charge is -2.24. The molecule has 0 atom stereocenters. The molecule has 0 aromatic heterocycles. The van der Waals surface area contributed by atoms with Gasteiger partial charge in [0.1, 0.15) is 0 Å². The predicted molar refractivity (Wildman–Crippen MR) is 126 cm³/mol. The highest BCUT2D eigenvalue weighted by Gasteiger charge is 2.13. The molecule has 170 valence electrons. The van der Waals surface area contributed by atoms with E-state index in [0.29, 0.717) is 23.7 Å². The highest BCUT2D eigenvalue weighted by atomic mass is 32.2. The number of rotatable bonds is 11. The predicted octanol–water partition coefficient (Wildman–Crippen LogP) is 3.67. The van der Waals surface area contributed by atoms with E-state index >= 15 is 0 Å². The Hall–Kier alpha value is -2.22. The van der Waals surface area contributed by atoms with E-state index in [-0.39, 0.29) is 17.7 Å². The van der Waals surface area contributed by atoms with Crippen LogP contribution in [0.15, 0.2) is 48.5 Å². The molecule has 2 rings (SSSR count). The van der Waals surface area contributed by atoms with Crippen LogP contribution in [-0.4, -0.2) is 37.9 Å². The van der Waals surface area contributed by atoms with Crippen molar-refractivity contribution in [3.63, 3.8) is 0 Å². The molecule has 1 amide bonds. The summed E-state index contributed by atoms with van der Waals surface area (Å²) in [6.07, 6.45) is 0. The van der Waals surface area contributed by atoms with E-state index in [1.807, 2.05) is 36.4 Å². The van der Waals surface area contributed by atoms with Crippen LogP contribution in [0.3, 0.4) is 0 Å². The third-order valence-electron chi connectivity index (χ3n) is 4.99. The van der Waals surface area contributed by atoms with E-state index in [0.717, 1.165) is 18.7 Å². The first kappa shape index (κ1) is 25.0. The highest BCUT2D eigenvalue weighted by Crippen LogP contribution is 2.11. The second-order valence-corrected chi connectivity index (χ2v) is 10.1. The maximum absolute atomic E-state index is 12.5. The lowest BCUT2D eigenvalue weighted by atomic mass is 10.1. The van der Waals surface area contributed by atoms with Crippen molar-refractivity contribution in [3.05, 3.63) is 70.8 Å². The molecule has 2 aromatic carbocycles. The number of nitrogens with zero attached hydrogens (tertiary/aromatic N) is 1. The standard InChI is InChI=1S/C24H35N3O3S/c1-6-27(19(4)5)16-21-11-13-23(14-12-21)24(28)25-15-20-7-9-22(10-8-20)17-31(29,30)26-18(2)3/h7-14,18-19,26H,6,15-17H2,1-5H3,(H,25,28). The molecule has 0 bridgehead atoms. The van der Waals surface area contributed by atoms with Crippen LogP contribution in [0, 0.1) is 0 Å². The van der Waals surface area contributed by atoms with Gasteiger partial charge in [0.25, 0.3) is 5.91 Å². The number of carbonyl (C=O) groups excluding carboxylic acids is 1. The summed E-state index contributed by atoms with van der Waals surface area (Å²) in [5.41, 5.74) is 3.43. The van der Waals surface area contributed by atoms with Gasteiger partial charge >= 0.3 is 0 Å². The Morgan fingerprint density at radius 2 is 1.45 bits per heavy atom. The zero-order chi connectivity index (χ0) is 23.0. The van der Waals surface area contributed by atoms with Crippen molar-refractivity contribution in [2.45, 2.75) is 65.5 Å². The van der Waals surface area contributed by atoms with E-state index < -0.39 is 10.0 Å². The fourth-order valence-electron chi connectivity index (χ4n) is 3.31. The van der Waals surface area contributed by atoms with E-state index in [2.05, 4.69) is 35.7 Å². The van der Waals surface area contributed by atoms with Crippen molar-refractivity contribution >= 4 is 15.9 Å². The minimum atomic E-state index is -3.35. The molecule has 0 saturated heterocycles. The lowest BCUT2D eigenvalue weighted by Crippen LogP contribution is -2.31. The second kappa shape index (κ2) is 11.4.